The van der Waals surface area contributed by atoms with Crippen molar-refractivity contribution in [3.63, 3.8) is 0 Å². The minimum atomic E-state index is -0.484. The van der Waals surface area contributed by atoms with Crippen LogP contribution in [0.5, 0.6) is 5.75 Å². The molecule has 0 saturated heterocycles. The number of halogens is 1. The van der Waals surface area contributed by atoms with E-state index in [4.69, 9.17) is 20.9 Å². The van der Waals surface area contributed by atoms with E-state index in [0.717, 1.165) is 16.8 Å². The Balaban J connectivity index is 1.87. The van der Waals surface area contributed by atoms with Crippen LogP contribution in [0.2, 0.25) is 5.02 Å². The van der Waals surface area contributed by atoms with Gasteiger partial charge in [-0.25, -0.2) is 4.98 Å². The molecule has 9 nitrogen and oxygen atoms in total. The van der Waals surface area contributed by atoms with Crippen molar-refractivity contribution in [2.24, 2.45) is 7.05 Å². The van der Waals surface area contributed by atoms with E-state index in [1.165, 1.54) is 24.1 Å². The van der Waals surface area contributed by atoms with Gasteiger partial charge in [-0.3, -0.25) is 19.1 Å². The van der Waals surface area contributed by atoms with E-state index in [1.807, 2.05) is 42.2 Å². The highest BCUT2D eigenvalue weighted by Crippen LogP contribution is 2.35. The zero-order valence-corrected chi connectivity index (χ0v) is 20.5. The van der Waals surface area contributed by atoms with Crippen molar-refractivity contribution in [2.75, 3.05) is 19.1 Å². The Hall–Kier alpha value is -3.98. The summed E-state index contributed by atoms with van der Waals surface area (Å²) in [7, 11) is 4.72. The van der Waals surface area contributed by atoms with Gasteiger partial charge in [0.2, 0.25) is 11.7 Å². The van der Waals surface area contributed by atoms with E-state index in [9.17, 15) is 9.59 Å². The highest BCUT2D eigenvalue weighted by molar-refractivity contribution is 6.31. The molecule has 3 heterocycles. The number of Topliss-reactive ketones (excluding diaryl/α,β-unsaturated/α-hetero) is 1. The van der Waals surface area contributed by atoms with E-state index in [1.54, 1.807) is 26.4 Å². The number of methoxy groups -OCH3 is 1. The van der Waals surface area contributed by atoms with Gasteiger partial charge in [-0.15, -0.1) is 0 Å². The maximum Gasteiger partial charge on any atom is 0.297 e. The number of aryl methyl sites for hydroxylation is 1. The van der Waals surface area contributed by atoms with Gasteiger partial charge < -0.3 is 14.2 Å². The molecule has 1 aromatic carbocycles. The van der Waals surface area contributed by atoms with Crippen molar-refractivity contribution in [1.29, 1.82) is 0 Å². The molecule has 3 aromatic heterocycles. The highest BCUT2D eigenvalue weighted by Gasteiger charge is 2.28. The maximum absolute atomic E-state index is 13.2. The summed E-state index contributed by atoms with van der Waals surface area (Å²) in [5.74, 6) is -0.254. The molecule has 0 spiro atoms. The Kier molecular flexibility index (Phi) is 6.97. The summed E-state index contributed by atoms with van der Waals surface area (Å²) in [6.45, 7) is 1.90. The van der Waals surface area contributed by atoms with Gasteiger partial charge in [0, 0.05) is 43.0 Å². The fourth-order valence-corrected chi connectivity index (χ4v) is 4.24. The van der Waals surface area contributed by atoms with Gasteiger partial charge in [0.05, 0.1) is 19.3 Å². The molecule has 1 unspecified atom stereocenters. The lowest BCUT2D eigenvalue weighted by atomic mass is 9.97. The Morgan fingerprint density at radius 3 is 2.71 bits per heavy atom. The smallest absolute Gasteiger partial charge is 0.297 e. The number of aromatic nitrogens is 4. The zero-order chi connectivity index (χ0) is 25.1. The molecule has 0 aliphatic heterocycles. The summed E-state index contributed by atoms with van der Waals surface area (Å²) in [5, 5.41) is 4.18. The molecule has 0 amide bonds. The van der Waals surface area contributed by atoms with E-state index in [2.05, 4.69) is 15.1 Å². The minimum absolute atomic E-state index is 0.0410. The average Bonchev–Trinajstić information content (AvgIpc) is 3.35. The molecule has 0 aliphatic rings. The second-order valence-electron chi connectivity index (χ2n) is 8.06. The summed E-state index contributed by atoms with van der Waals surface area (Å²) in [4.78, 5) is 37.1. The lowest BCUT2D eigenvalue weighted by molar-refractivity contribution is 0.0984. The van der Waals surface area contributed by atoms with Crippen LogP contribution in [0.3, 0.4) is 0 Å². The predicted octanol–water partition coefficient (Wildman–Crippen LogP) is 3.78. The van der Waals surface area contributed by atoms with Crippen LogP contribution in [0.25, 0.3) is 0 Å². The first-order valence-electron chi connectivity index (χ1n) is 10.8. The van der Waals surface area contributed by atoms with E-state index in [-0.39, 0.29) is 23.8 Å². The molecule has 4 aromatic rings. The van der Waals surface area contributed by atoms with Crippen molar-refractivity contribution in [3.8, 4) is 5.75 Å². The van der Waals surface area contributed by atoms with Crippen molar-refractivity contribution < 1.29 is 14.1 Å². The molecular weight excluding hydrogens is 470 g/mol. The van der Waals surface area contributed by atoms with E-state index < -0.39 is 17.4 Å². The van der Waals surface area contributed by atoms with Crippen molar-refractivity contribution in [2.45, 2.75) is 19.4 Å². The standard InChI is InChI=1S/C25H24ClN5O4/c1-15-11-17(9-10-27-15)22(18-7-5-6-8-19(18)26)30(2)25-29-21(23(34-4)24(33)31(25)3)20(32)12-16-13-28-35-14-16/h5-11,13-14,22H,12H2,1-4H3. The van der Waals surface area contributed by atoms with E-state index >= 15 is 0 Å². The fraction of sp³-hybridized carbons (Fsp3) is 0.240. The third kappa shape index (κ3) is 4.81. The summed E-state index contributed by atoms with van der Waals surface area (Å²) >= 11 is 6.60. The molecule has 0 bridgehead atoms. The van der Waals surface area contributed by atoms with Crippen LogP contribution in [0.15, 0.2) is 64.4 Å². The molecule has 0 aliphatic carbocycles. The van der Waals surface area contributed by atoms with E-state index in [0.29, 0.717) is 10.6 Å². The summed E-state index contributed by atoms with van der Waals surface area (Å²) in [6, 6.07) is 10.9. The average molecular weight is 494 g/mol. The molecule has 35 heavy (non-hydrogen) atoms. The second kappa shape index (κ2) is 10.1. The Morgan fingerprint density at radius 1 is 1.29 bits per heavy atom. The number of anilines is 1. The first-order valence-corrected chi connectivity index (χ1v) is 11.2. The molecule has 0 radical (unpaired) electrons. The molecule has 0 N–H and O–H groups in total. The van der Waals surface area contributed by atoms with Gasteiger partial charge in [0.15, 0.2) is 11.5 Å². The van der Waals surface area contributed by atoms with Crippen molar-refractivity contribution in [1.82, 2.24) is 19.7 Å². The summed E-state index contributed by atoms with van der Waals surface area (Å²) in [5.41, 5.74) is 2.55. The molecule has 10 heteroatoms. The third-order valence-electron chi connectivity index (χ3n) is 5.68. The van der Waals surface area contributed by atoms with Gasteiger partial charge in [-0.1, -0.05) is 35.0 Å². The number of benzene rings is 1. The minimum Gasteiger partial charge on any atom is -0.489 e. The number of rotatable bonds is 8. The number of carbonyl (C=O) groups excluding carboxylic acids is 1. The number of hydrogen-bond donors (Lipinski definition) is 0. The van der Waals surface area contributed by atoms with Crippen LogP contribution in [0.1, 0.15) is 38.9 Å². The van der Waals surface area contributed by atoms with Gasteiger partial charge >= 0.3 is 0 Å². The molecular formula is C25H24ClN5O4. The maximum atomic E-state index is 13.2. The first kappa shape index (κ1) is 24.2. The lowest BCUT2D eigenvalue weighted by Gasteiger charge is -2.32. The van der Waals surface area contributed by atoms with Crippen LogP contribution in [-0.4, -0.2) is 39.6 Å². The number of ether oxygens (including phenoxy) is 1. The predicted molar refractivity (Wildman–Crippen MR) is 131 cm³/mol. The first-order chi connectivity index (χ1) is 16.8. The van der Waals surface area contributed by atoms with Gasteiger partial charge in [0.25, 0.3) is 5.56 Å². The fourth-order valence-electron chi connectivity index (χ4n) is 4.00. The molecule has 4 rings (SSSR count). The normalized spacial score (nSPS) is 11.8. The summed E-state index contributed by atoms with van der Waals surface area (Å²) in [6.07, 6.45) is 4.49. The molecule has 0 saturated carbocycles. The Morgan fingerprint density at radius 2 is 2.06 bits per heavy atom. The van der Waals surface area contributed by atoms with Crippen LogP contribution in [-0.2, 0) is 13.5 Å². The van der Waals surface area contributed by atoms with Gasteiger partial charge in [-0.2, -0.15) is 0 Å². The summed E-state index contributed by atoms with van der Waals surface area (Å²) < 4.78 is 11.5. The topological polar surface area (TPSA) is 103 Å². The van der Waals surface area contributed by atoms with Crippen LogP contribution >= 0.6 is 11.6 Å². The van der Waals surface area contributed by atoms with Crippen molar-refractivity contribution >= 4 is 23.3 Å². The lowest BCUT2D eigenvalue weighted by Crippen LogP contribution is -2.34. The monoisotopic (exact) mass is 493 g/mol. The largest absolute Gasteiger partial charge is 0.489 e. The SMILES string of the molecule is COc1c(C(=O)Cc2cnoc2)nc(N(C)C(c2ccnc(C)c2)c2ccccc2Cl)n(C)c1=O. The third-order valence-corrected chi connectivity index (χ3v) is 6.03. The number of carbonyl (C=O) groups is 1. The molecule has 180 valence electrons. The van der Waals surface area contributed by atoms with Crippen LogP contribution in [0, 0.1) is 6.92 Å². The number of ketones is 1. The van der Waals surface area contributed by atoms with Crippen LogP contribution < -0.4 is 15.2 Å². The van der Waals surface area contributed by atoms with Crippen LogP contribution in [0.4, 0.5) is 5.95 Å². The molecule has 0 fully saturated rings. The highest BCUT2D eigenvalue weighted by atomic mass is 35.5. The zero-order valence-electron chi connectivity index (χ0n) is 19.7. The second-order valence-corrected chi connectivity index (χ2v) is 8.46. The number of pyridine rings is 1. The Bertz CT molecular complexity index is 1420. The van der Waals surface area contributed by atoms with Gasteiger partial charge in [0.1, 0.15) is 6.26 Å². The number of hydrogen-bond acceptors (Lipinski definition) is 8. The number of nitrogens with zero attached hydrogens (tertiary/aromatic N) is 5. The van der Waals surface area contributed by atoms with Crippen molar-refractivity contribution in [3.05, 3.63) is 98.5 Å². The van der Waals surface area contributed by atoms with Gasteiger partial charge in [-0.05, 0) is 36.2 Å². The molecule has 1 atom stereocenters. The quantitative estimate of drug-likeness (QED) is 0.341. The Labute approximate surface area is 206 Å².